The number of nitrogens with zero attached hydrogens (tertiary/aromatic N) is 2. The minimum atomic E-state index is -0.424. The lowest BCUT2D eigenvalue weighted by molar-refractivity contribution is 0.411. The zero-order chi connectivity index (χ0) is 17.8. The fourth-order valence-corrected chi connectivity index (χ4v) is 3.00. The van der Waals surface area contributed by atoms with Gasteiger partial charge in [-0.05, 0) is 43.3 Å². The van der Waals surface area contributed by atoms with Gasteiger partial charge in [-0.2, -0.15) is 5.10 Å². The molecule has 1 heterocycles. The third-order valence-corrected chi connectivity index (χ3v) is 4.36. The first-order valence-electron chi connectivity index (χ1n) is 7.43. The second-order valence-electron chi connectivity index (χ2n) is 5.19. The first kappa shape index (κ1) is 17.0. The van der Waals surface area contributed by atoms with Crippen LogP contribution >= 0.6 is 11.3 Å². The lowest BCUT2D eigenvalue weighted by Gasteiger charge is -2.01. The van der Waals surface area contributed by atoms with Gasteiger partial charge in [0.05, 0.1) is 19.0 Å². The minimum absolute atomic E-state index is 0.291. The molecule has 0 aliphatic rings. The highest BCUT2D eigenvalue weighted by molar-refractivity contribution is 7.15. The SMILES string of the molecule is COc1ccc(/C=N\Nc2nc(-c3ccc(F)cc3)c(C)s2)c(F)c1. The van der Waals surface area contributed by atoms with Crippen LogP contribution in [0.2, 0.25) is 0 Å². The molecule has 0 amide bonds. The average Bonchev–Trinajstić information content (AvgIpc) is 2.97. The van der Waals surface area contributed by atoms with Crippen LogP contribution in [0, 0.1) is 18.6 Å². The molecule has 0 saturated heterocycles. The van der Waals surface area contributed by atoms with Crippen LogP contribution in [-0.2, 0) is 0 Å². The monoisotopic (exact) mass is 359 g/mol. The molecule has 7 heteroatoms. The van der Waals surface area contributed by atoms with Crippen molar-refractivity contribution in [2.24, 2.45) is 5.10 Å². The van der Waals surface area contributed by atoms with E-state index in [1.54, 1.807) is 24.3 Å². The van der Waals surface area contributed by atoms with E-state index in [-0.39, 0.29) is 5.82 Å². The van der Waals surface area contributed by atoms with Crippen molar-refractivity contribution >= 4 is 22.7 Å². The second-order valence-corrected chi connectivity index (χ2v) is 6.39. The molecular weight excluding hydrogens is 344 g/mol. The van der Waals surface area contributed by atoms with Gasteiger partial charge in [0.25, 0.3) is 0 Å². The quantitative estimate of drug-likeness (QED) is 0.523. The molecule has 0 fully saturated rings. The normalized spacial score (nSPS) is 11.0. The Labute approximate surface area is 147 Å². The summed E-state index contributed by atoms with van der Waals surface area (Å²) >= 11 is 1.42. The van der Waals surface area contributed by atoms with Crippen LogP contribution in [0.5, 0.6) is 5.75 Å². The van der Waals surface area contributed by atoms with Gasteiger partial charge in [0.1, 0.15) is 17.4 Å². The van der Waals surface area contributed by atoms with Crippen LogP contribution in [0.1, 0.15) is 10.4 Å². The number of halogens is 2. The van der Waals surface area contributed by atoms with Crippen molar-refractivity contribution in [3.63, 3.8) is 0 Å². The zero-order valence-electron chi connectivity index (χ0n) is 13.6. The molecule has 4 nitrogen and oxygen atoms in total. The standard InChI is InChI=1S/C18H15F2N3OS/c1-11-17(12-3-6-14(19)7-4-12)22-18(25-11)23-21-10-13-5-8-15(24-2)9-16(13)20/h3-10H,1-2H3,(H,22,23)/b21-10-. The number of benzene rings is 2. The average molecular weight is 359 g/mol. The Bertz CT molecular complexity index is 907. The molecule has 25 heavy (non-hydrogen) atoms. The van der Waals surface area contributed by atoms with Gasteiger partial charge < -0.3 is 4.74 Å². The molecule has 3 aromatic rings. The second kappa shape index (κ2) is 7.40. The van der Waals surface area contributed by atoms with Crippen LogP contribution < -0.4 is 10.2 Å². The molecule has 0 atom stereocenters. The van der Waals surface area contributed by atoms with Gasteiger partial charge in [0.2, 0.25) is 5.13 Å². The van der Waals surface area contributed by atoms with E-state index in [1.807, 2.05) is 6.92 Å². The van der Waals surface area contributed by atoms with Crippen LogP contribution in [0.15, 0.2) is 47.6 Å². The van der Waals surface area contributed by atoms with Gasteiger partial charge in [0.15, 0.2) is 0 Å². The summed E-state index contributed by atoms with van der Waals surface area (Å²) in [7, 11) is 1.48. The molecule has 3 rings (SSSR count). The highest BCUT2D eigenvalue weighted by atomic mass is 32.1. The van der Waals surface area contributed by atoms with Crippen molar-refractivity contribution < 1.29 is 13.5 Å². The maximum Gasteiger partial charge on any atom is 0.204 e. The van der Waals surface area contributed by atoms with Gasteiger partial charge >= 0.3 is 0 Å². The van der Waals surface area contributed by atoms with E-state index in [2.05, 4.69) is 15.5 Å². The Morgan fingerprint density at radius 1 is 1.16 bits per heavy atom. The maximum absolute atomic E-state index is 13.8. The summed E-state index contributed by atoms with van der Waals surface area (Å²) in [6, 6.07) is 10.7. The van der Waals surface area contributed by atoms with E-state index in [9.17, 15) is 8.78 Å². The predicted molar refractivity (Wildman–Crippen MR) is 96.4 cm³/mol. The first-order chi connectivity index (χ1) is 12.1. The number of anilines is 1. The Hall–Kier alpha value is -2.80. The molecule has 1 aromatic heterocycles. The molecule has 128 valence electrons. The number of rotatable bonds is 5. The van der Waals surface area contributed by atoms with Gasteiger partial charge in [-0.25, -0.2) is 13.8 Å². The van der Waals surface area contributed by atoms with Crippen molar-refractivity contribution in [3.05, 3.63) is 64.5 Å². The van der Waals surface area contributed by atoms with Crippen molar-refractivity contribution in [1.29, 1.82) is 0 Å². The number of hydrogen-bond donors (Lipinski definition) is 1. The number of nitrogens with one attached hydrogen (secondary N) is 1. The van der Waals surface area contributed by atoms with Crippen LogP contribution in [0.25, 0.3) is 11.3 Å². The summed E-state index contributed by atoms with van der Waals surface area (Å²) < 4.78 is 31.8. The number of thiazole rings is 1. The lowest BCUT2D eigenvalue weighted by Crippen LogP contribution is -1.94. The molecule has 2 aromatic carbocycles. The molecule has 0 saturated carbocycles. The summed E-state index contributed by atoms with van der Waals surface area (Å²) in [5.74, 6) is -0.268. The molecule has 0 aliphatic carbocycles. The minimum Gasteiger partial charge on any atom is -0.497 e. The lowest BCUT2D eigenvalue weighted by atomic mass is 10.1. The summed E-state index contributed by atoms with van der Waals surface area (Å²) in [6.07, 6.45) is 1.38. The van der Waals surface area contributed by atoms with Crippen LogP contribution in [-0.4, -0.2) is 18.3 Å². The summed E-state index contributed by atoms with van der Waals surface area (Å²) in [4.78, 5) is 5.42. The van der Waals surface area contributed by atoms with Crippen molar-refractivity contribution in [1.82, 2.24) is 4.98 Å². The first-order valence-corrected chi connectivity index (χ1v) is 8.24. The number of hydrazone groups is 1. The summed E-state index contributed by atoms with van der Waals surface area (Å²) in [5.41, 5.74) is 4.72. The Balaban J connectivity index is 1.74. The fourth-order valence-electron chi connectivity index (χ4n) is 2.22. The van der Waals surface area contributed by atoms with Gasteiger partial charge in [-0.1, -0.05) is 0 Å². The van der Waals surface area contributed by atoms with Crippen molar-refractivity contribution in [3.8, 4) is 17.0 Å². The van der Waals surface area contributed by atoms with Gasteiger partial charge in [0, 0.05) is 22.1 Å². The van der Waals surface area contributed by atoms with E-state index in [0.717, 1.165) is 16.1 Å². The van der Waals surface area contributed by atoms with Crippen molar-refractivity contribution in [2.75, 3.05) is 12.5 Å². The highest BCUT2D eigenvalue weighted by Gasteiger charge is 2.09. The van der Waals surface area contributed by atoms with E-state index in [4.69, 9.17) is 4.74 Å². The molecule has 0 radical (unpaired) electrons. The van der Waals surface area contributed by atoms with Crippen molar-refractivity contribution in [2.45, 2.75) is 6.92 Å². The van der Waals surface area contributed by atoms with E-state index < -0.39 is 5.82 Å². The molecule has 0 aliphatic heterocycles. The number of methoxy groups -OCH3 is 1. The molecular formula is C18H15F2N3OS. The van der Waals surface area contributed by atoms with E-state index in [0.29, 0.717) is 16.4 Å². The Morgan fingerprint density at radius 2 is 1.92 bits per heavy atom. The molecule has 0 bridgehead atoms. The largest absolute Gasteiger partial charge is 0.497 e. The van der Waals surface area contributed by atoms with Crippen LogP contribution in [0.4, 0.5) is 13.9 Å². The molecule has 0 unspecified atom stereocenters. The summed E-state index contributed by atoms with van der Waals surface area (Å²) in [5, 5.41) is 4.59. The highest BCUT2D eigenvalue weighted by Crippen LogP contribution is 2.30. The predicted octanol–water partition coefficient (Wildman–Crippen LogP) is 4.85. The Morgan fingerprint density at radius 3 is 2.60 bits per heavy atom. The smallest absolute Gasteiger partial charge is 0.204 e. The van der Waals surface area contributed by atoms with Gasteiger partial charge in [-0.15, -0.1) is 11.3 Å². The van der Waals surface area contributed by atoms with Gasteiger partial charge in [-0.3, -0.25) is 5.43 Å². The number of aryl methyl sites for hydroxylation is 1. The van der Waals surface area contributed by atoms with E-state index in [1.165, 1.54) is 42.9 Å². The Kier molecular flexibility index (Phi) is 5.04. The third kappa shape index (κ3) is 4.00. The molecule has 1 N–H and O–H groups in total. The number of aromatic nitrogens is 1. The third-order valence-electron chi connectivity index (χ3n) is 3.49. The number of hydrogen-bond acceptors (Lipinski definition) is 5. The number of ether oxygens (including phenoxy) is 1. The molecule has 0 spiro atoms. The fraction of sp³-hybridized carbons (Fsp3) is 0.111. The summed E-state index contributed by atoms with van der Waals surface area (Å²) in [6.45, 7) is 1.92. The topological polar surface area (TPSA) is 46.5 Å². The van der Waals surface area contributed by atoms with E-state index >= 15 is 0 Å². The van der Waals surface area contributed by atoms with Crippen LogP contribution in [0.3, 0.4) is 0 Å². The zero-order valence-corrected chi connectivity index (χ0v) is 14.4. The maximum atomic E-state index is 13.8.